The van der Waals surface area contributed by atoms with Crippen LogP contribution < -0.4 is 4.90 Å². The number of nitrogens with zero attached hydrogens (tertiary/aromatic N) is 4. The highest BCUT2D eigenvalue weighted by Crippen LogP contribution is 2.57. The van der Waals surface area contributed by atoms with Gasteiger partial charge < -0.3 is 4.90 Å². The van der Waals surface area contributed by atoms with Gasteiger partial charge in [0.15, 0.2) is 0 Å². The van der Waals surface area contributed by atoms with Crippen molar-refractivity contribution in [3.8, 4) is 0 Å². The predicted molar refractivity (Wildman–Crippen MR) is 98.3 cm³/mol. The first-order valence-corrected chi connectivity index (χ1v) is 8.42. The minimum absolute atomic E-state index is 0.0644. The molecular weight excluding hydrogens is 284 g/mol. The Morgan fingerprint density at radius 3 is 2.39 bits per heavy atom. The van der Waals surface area contributed by atoms with Crippen molar-refractivity contribution in [3.05, 3.63) is 41.5 Å². The lowest BCUT2D eigenvalue weighted by Crippen LogP contribution is -2.29. The standard InChI is InChI=1S/C17H20N4.C2H6/c1-11-9-16-18-17(10-15(17)21(16)19-12(11)2)13-5-7-14(8-6-13)20(3)4;1-2/h5-9,15H,10H2,1-4H3;1-2H3. The summed E-state index contributed by atoms with van der Waals surface area (Å²) in [5, 5.41) is 6.82. The normalized spacial score (nSPS) is 27.0. The number of hydrazone groups is 1. The summed E-state index contributed by atoms with van der Waals surface area (Å²) in [6.07, 6.45) is 3.23. The van der Waals surface area contributed by atoms with Gasteiger partial charge in [0.25, 0.3) is 0 Å². The van der Waals surface area contributed by atoms with Crippen molar-refractivity contribution in [1.82, 2.24) is 5.01 Å². The molecule has 3 aliphatic rings. The zero-order valence-corrected chi connectivity index (χ0v) is 15.0. The van der Waals surface area contributed by atoms with E-state index in [1.165, 1.54) is 16.8 Å². The zero-order chi connectivity index (χ0) is 16.8. The summed E-state index contributed by atoms with van der Waals surface area (Å²) in [6.45, 7) is 8.16. The third-order valence-electron chi connectivity index (χ3n) is 4.80. The number of anilines is 1. The van der Waals surface area contributed by atoms with Crippen molar-refractivity contribution in [2.45, 2.75) is 45.7 Å². The molecule has 1 aliphatic carbocycles. The van der Waals surface area contributed by atoms with Crippen LogP contribution in [-0.4, -0.2) is 36.7 Å². The van der Waals surface area contributed by atoms with Crippen LogP contribution in [0.2, 0.25) is 0 Å². The van der Waals surface area contributed by atoms with Crippen molar-refractivity contribution in [2.24, 2.45) is 10.1 Å². The van der Waals surface area contributed by atoms with Crippen molar-refractivity contribution < 1.29 is 0 Å². The summed E-state index contributed by atoms with van der Waals surface area (Å²) in [5.74, 6) is 1.02. The van der Waals surface area contributed by atoms with E-state index in [2.05, 4.69) is 68.2 Å². The fourth-order valence-electron chi connectivity index (χ4n) is 3.24. The second kappa shape index (κ2) is 5.52. The Bertz CT molecular complexity index is 697. The quantitative estimate of drug-likeness (QED) is 0.832. The lowest BCUT2D eigenvalue weighted by atomic mass is 10.0. The van der Waals surface area contributed by atoms with Gasteiger partial charge in [-0.3, -0.25) is 4.99 Å². The lowest BCUT2D eigenvalue weighted by Gasteiger charge is -2.20. The summed E-state index contributed by atoms with van der Waals surface area (Å²) in [5.41, 5.74) is 4.77. The molecule has 23 heavy (non-hydrogen) atoms. The molecule has 4 rings (SSSR count). The number of amidine groups is 1. The van der Waals surface area contributed by atoms with E-state index in [0.29, 0.717) is 6.04 Å². The van der Waals surface area contributed by atoms with Gasteiger partial charge in [-0.2, -0.15) is 5.10 Å². The maximum Gasteiger partial charge on any atom is 0.145 e. The van der Waals surface area contributed by atoms with Gasteiger partial charge in [-0.15, -0.1) is 0 Å². The molecule has 2 aliphatic heterocycles. The molecule has 1 fully saturated rings. The molecule has 0 radical (unpaired) electrons. The van der Waals surface area contributed by atoms with Crippen LogP contribution in [0.1, 0.15) is 39.7 Å². The van der Waals surface area contributed by atoms with Crippen LogP contribution in [0.3, 0.4) is 0 Å². The van der Waals surface area contributed by atoms with Crippen LogP contribution in [0.15, 0.2) is 46.0 Å². The molecular formula is C19H26N4. The fourth-order valence-corrected chi connectivity index (χ4v) is 3.24. The summed E-state index contributed by atoms with van der Waals surface area (Å²) >= 11 is 0. The monoisotopic (exact) mass is 310 g/mol. The third kappa shape index (κ3) is 2.37. The Labute approximate surface area is 139 Å². The van der Waals surface area contributed by atoms with Crippen LogP contribution in [0.5, 0.6) is 0 Å². The van der Waals surface area contributed by atoms with Crippen LogP contribution in [0.25, 0.3) is 0 Å². The van der Waals surface area contributed by atoms with E-state index in [0.717, 1.165) is 18.0 Å². The number of hydrogen-bond acceptors (Lipinski definition) is 4. The van der Waals surface area contributed by atoms with E-state index in [1.807, 2.05) is 13.8 Å². The molecule has 4 heteroatoms. The number of fused-ring (bicyclic) bond motifs is 3. The summed E-state index contributed by atoms with van der Waals surface area (Å²) in [4.78, 5) is 7.11. The Balaban J connectivity index is 0.000000753. The minimum atomic E-state index is -0.0644. The molecule has 122 valence electrons. The SMILES string of the molecule is CC.CC1=CC2=NC3(c4ccc(N(C)C)cc4)CC3N2N=C1C. The van der Waals surface area contributed by atoms with Gasteiger partial charge in [0, 0.05) is 26.2 Å². The molecule has 2 heterocycles. The molecule has 2 unspecified atom stereocenters. The van der Waals surface area contributed by atoms with Gasteiger partial charge in [0.05, 0.1) is 11.8 Å². The second-order valence-electron chi connectivity index (χ2n) is 6.41. The highest BCUT2D eigenvalue weighted by molar-refractivity contribution is 6.09. The Morgan fingerprint density at radius 1 is 1.13 bits per heavy atom. The molecule has 0 amide bonds. The maximum atomic E-state index is 4.99. The smallest absolute Gasteiger partial charge is 0.145 e. The molecule has 0 aromatic heterocycles. The number of allylic oxidation sites excluding steroid dienone is 1. The highest BCUT2D eigenvalue weighted by atomic mass is 15.6. The molecule has 0 N–H and O–H groups in total. The summed E-state index contributed by atoms with van der Waals surface area (Å²) < 4.78 is 0. The van der Waals surface area contributed by atoms with Gasteiger partial charge in [-0.1, -0.05) is 26.0 Å². The van der Waals surface area contributed by atoms with Crippen molar-refractivity contribution in [3.63, 3.8) is 0 Å². The maximum absolute atomic E-state index is 4.99. The number of rotatable bonds is 2. The van der Waals surface area contributed by atoms with Gasteiger partial charge in [0.1, 0.15) is 11.4 Å². The zero-order valence-electron chi connectivity index (χ0n) is 15.0. The number of hydrogen-bond donors (Lipinski definition) is 0. The minimum Gasteiger partial charge on any atom is -0.378 e. The molecule has 0 spiro atoms. The van der Waals surface area contributed by atoms with E-state index in [1.54, 1.807) is 0 Å². The van der Waals surface area contributed by atoms with Crippen LogP contribution in [0.4, 0.5) is 5.69 Å². The summed E-state index contributed by atoms with van der Waals surface area (Å²) in [6, 6.07) is 9.17. The lowest BCUT2D eigenvalue weighted by molar-refractivity contribution is 0.432. The van der Waals surface area contributed by atoms with E-state index in [-0.39, 0.29) is 5.54 Å². The van der Waals surface area contributed by atoms with E-state index in [9.17, 15) is 0 Å². The fraction of sp³-hybridized carbons (Fsp3) is 0.474. The first kappa shape index (κ1) is 15.8. The average Bonchev–Trinajstić information content (AvgIpc) is 3.20. The topological polar surface area (TPSA) is 31.2 Å². The van der Waals surface area contributed by atoms with E-state index in [4.69, 9.17) is 10.1 Å². The third-order valence-corrected chi connectivity index (χ3v) is 4.80. The van der Waals surface area contributed by atoms with E-state index < -0.39 is 0 Å². The van der Waals surface area contributed by atoms with Gasteiger partial charge in [-0.25, -0.2) is 5.01 Å². The van der Waals surface area contributed by atoms with Gasteiger partial charge in [0.2, 0.25) is 0 Å². The van der Waals surface area contributed by atoms with Crippen LogP contribution in [-0.2, 0) is 5.54 Å². The second-order valence-corrected chi connectivity index (χ2v) is 6.41. The average molecular weight is 310 g/mol. The van der Waals surface area contributed by atoms with Gasteiger partial charge in [-0.05, 0) is 43.2 Å². The first-order chi connectivity index (χ1) is 11.0. The largest absolute Gasteiger partial charge is 0.378 e. The Kier molecular flexibility index (Phi) is 3.78. The first-order valence-electron chi connectivity index (χ1n) is 8.42. The molecule has 4 nitrogen and oxygen atoms in total. The highest BCUT2D eigenvalue weighted by Gasteiger charge is 2.64. The molecule has 2 atom stereocenters. The van der Waals surface area contributed by atoms with Crippen LogP contribution >= 0.6 is 0 Å². The molecule has 1 saturated carbocycles. The molecule has 1 aromatic rings. The van der Waals surface area contributed by atoms with Gasteiger partial charge >= 0.3 is 0 Å². The molecule has 0 bridgehead atoms. The Hall–Kier alpha value is -2.10. The Morgan fingerprint density at radius 2 is 1.78 bits per heavy atom. The summed E-state index contributed by atoms with van der Waals surface area (Å²) in [7, 11) is 4.13. The molecule has 1 aromatic carbocycles. The van der Waals surface area contributed by atoms with E-state index >= 15 is 0 Å². The number of aliphatic imine (C=N–C) groups is 1. The predicted octanol–water partition coefficient (Wildman–Crippen LogP) is 3.80. The number of benzene rings is 1. The van der Waals surface area contributed by atoms with Crippen molar-refractivity contribution in [1.29, 1.82) is 0 Å². The molecule has 0 saturated heterocycles. The van der Waals surface area contributed by atoms with Crippen molar-refractivity contribution >= 4 is 17.2 Å². The van der Waals surface area contributed by atoms with Crippen LogP contribution in [0, 0.1) is 0 Å². The van der Waals surface area contributed by atoms with Crippen molar-refractivity contribution in [2.75, 3.05) is 19.0 Å².